The van der Waals surface area contributed by atoms with E-state index in [0.717, 1.165) is 25.1 Å². The second-order valence-corrected chi connectivity index (χ2v) is 6.42. The number of carbonyl (C=O) groups excluding carboxylic acids is 1. The molecule has 6 heteroatoms. The molecule has 1 aromatic rings. The average Bonchev–Trinajstić information content (AvgIpc) is 2.87. The number of aromatic nitrogens is 2. The van der Waals surface area contributed by atoms with Gasteiger partial charge in [0, 0.05) is 26.6 Å². The SMILES string of the molecule is CC(C)c1cc(C(=O)N2CCC[C@@H](CCC(=O)O)C2)n(C)n1. The fraction of sp³-hybridized carbons (Fsp3) is 0.688. The van der Waals surface area contributed by atoms with Gasteiger partial charge in [-0.1, -0.05) is 13.8 Å². The Balaban J connectivity index is 2.04. The smallest absolute Gasteiger partial charge is 0.303 e. The van der Waals surface area contributed by atoms with Crippen LogP contribution in [0.1, 0.15) is 61.6 Å². The van der Waals surface area contributed by atoms with Gasteiger partial charge < -0.3 is 10.0 Å². The highest BCUT2D eigenvalue weighted by Crippen LogP contribution is 2.23. The van der Waals surface area contributed by atoms with Gasteiger partial charge in [0.25, 0.3) is 5.91 Å². The van der Waals surface area contributed by atoms with E-state index in [-0.39, 0.29) is 24.2 Å². The summed E-state index contributed by atoms with van der Waals surface area (Å²) < 4.78 is 1.65. The third kappa shape index (κ3) is 3.87. The van der Waals surface area contributed by atoms with E-state index in [0.29, 0.717) is 18.7 Å². The number of aliphatic carboxylic acids is 1. The summed E-state index contributed by atoms with van der Waals surface area (Å²) in [4.78, 5) is 25.2. The fourth-order valence-corrected chi connectivity index (χ4v) is 2.95. The van der Waals surface area contributed by atoms with E-state index in [1.807, 2.05) is 11.0 Å². The normalized spacial score (nSPS) is 18.7. The van der Waals surface area contributed by atoms with Crippen molar-refractivity contribution in [3.05, 3.63) is 17.5 Å². The van der Waals surface area contributed by atoms with Gasteiger partial charge in [0.2, 0.25) is 0 Å². The zero-order valence-electron chi connectivity index (χ0n) is 13.6. The van der Waals surface area contributed by atoms with E-state index in [1.165, 1.54) is 0 Å². The van der Waals surface area contributed by atoms with Crippen molar-refractivity contribution in [2.24, 2.45) is 13.0 Å². The van der Waals surface area contributed by atoms with E-state index in [2.05, 4.69) is 18.9 Å². The van der Waals surface area contributed by atoms with Gasteiger partial charge >= 0.3 is 5.97 Å². The van der Waals surface area contributed by atoms with Crippen molar-refractivity contribution in [2.45, 2.75) is 45.4 Å². The van der Waals surface area contributed by atoms with Gasteiger partial charge in [-0.25, -0.2) is 0 Å². The molecule has 0 unspecified atom stereocenters. The molecular formula is C16H25N3O3. The number of nitrogens with zero attached hydrogens (tertiary/aromatic N) is 3. The average molecular weight is 307 g/mol. The second-order valence-electron chi connectivity index (χ2n) is 6.42. The molecule has 1 saturated heterocycles. The summed E-state index contributed by atoms with van der Waals surface area (Å²) >= 11 is 0. The minimum absolute atomic E-state index is 0.00178. The molecule has 1 aliphatic rings. The maximum atomic E-state index is 12.7. The molecule has 1 amide bonds. The lowest BCUT2D eigenvalue weighted by Crippen LogP contribution is -2.40. The van der Waals surface area contributed by atoms with Crippen molar-refractivity contribution in [1.29, 1.82) is 0 Å². The van der Waals surface area contributed by atoms with Gasteiger partial charge in [0.15, 0.2) is 0 Å². The number of amides is 1. The minimum Gasteiger partial charge on any atom is -0.481 e. The van der Waals surface area contributed by atoms with Crippen LogP contribution in [0.5, 0.6) is 0 Å². The summed E-state index contributed by atoms with van der Waals surface area (Å²) in [5.41, 5.74) is 1.54. The Labute approximate surface area is 131 Å². The molecule has 2 heterocycles. The number of carboxylic acids is 1. The van der Waals surface area contributed by atoms with Crippen LogP contribution in [-0.4, -0.2) is 44.8 Å². The van der Waals surface area contributed by atoms with Crippen molar-refractivity contribution < 1.29 is 14.7 Å². The number of carboxylic acid groups (broad SMARTS) is 1. The lowest BCUT2D eigenvalue weighted by atomic mass is 9.93. The molecular weight excluding hydrogens is 282 g/mol. The lowest BCUT2D eigenvalue weighted by Gasteiger charge is -2.32. The summed E-state index contributed by atoms with van der Waals surface area (Å²) in [5, 5.41) is 13.2. The Kier molecular flexibility index (Phi) is 5.21. The molecule has 1 atom stereocenters. The van der Waals surface area contributed by atoms with Crippen LogP contribution in [0.4, 0.5) is 0 Å². The minimum atomic E-state index is -0.767. The van der Waals surface area contributed by atoms with Crippen LogP contribution < -0.4 is 0 Å². The molecule has 1 aliphatic heterocycles. The number of hydrogen-bond acceptors (Lipinski definition) is 3. The number of carbonyl (C=O) groups is 2. The number of aryl methyl sites for hydroxylation is 1. The highest BCUT2D eigenvalue weighted by Gasteiger charge is 2.27. The van der Waals surface area contributed by atoms with Gasteiger partial charge in [-0.2, -0.15) is 5.10 Å². The van der Waals surface area contributed by atoms with Gasteiger partial charge in [0.1, 0.15) is 5.69 Å². The van der Waals surface area contributed by atoms with Gasteiger partial charge in [-0.15, -0.1) is 0 Å². The molecule has 6 nitrogen and oxygen atoms in total. The molecule has 0 bridgehead atoms. The van der Waals surface area contributed by atoms with Gasteiger partial charge in [0.05, 0.1) is 5.69 Å². The van der Waals surface area contributed by atoms with E-state index in [4.69, 9.17) is 5.11 Å². The van der Waals surface area contributed by atoms with Crippen LogP contribution in [0.15, 0.2) is 6.07 Å². The molecule has 0 aromatic carbocycles. The Bertz CT molecular complexity index is 551. The monoisotopic (exact) mass is 307 g/mol. The topological polar surface area (TPSA) is 75.4 Å². The first-order valence-corrected chi connectivity index (χ1v) is 7.93. The molecule has 122 valence electrons. The van der Waals surface area contributed by atoms with Crippen LogP contribution >= 0.6 is 0 Å². The predicted octanol–water partition coefficient (Wildman–Crippen LogP) is 2.26. The third-order valence-electron chi connectivity index (χ3n) is 4.28. The largest absolute Gasteiger partial charge is 0.481 e. The molecule has 0 radical (unpaired) electrons. The molecule has 1 N–H and O–H groups in total. The molecule has 0 saturated carbocycles. The summed E-state index contributed by atoms with van der Waals surface area (Å²) in [5.74, 6) is -0.192. The standard InChI is InChI=1S/C16H25N3O3/c1-11(2)13-9-14(18(3)17-13)16(22)19-8-4-5-12(10-19)6-7-15(20)21/h9,11-12H,4-8,10H2,1-3H3,(H,20,21)/t12-/m0/s1. The molecule has 2 rings (SSSR count). The van der Waals surface area contributed by atoms with Crippen molar-refractivity contribution in [1.82, 2.24) is 14.7 Å². The predicted molar refractivity (Wildman–Crippen MR) is 82.8 cm³/mol. The van der Waals surface area contributed by atoms with E-state index >= 15 is 0 Å². The summed E-state index contributed by atoms with van der Waals surface area (Å²) in [6.45, 7) is 5.50. The first-order valence-electron chi connectivity index (χ1n) is 7.93. The second kappa shape index (κ2) is 6.94. The van der Waals surface area contributed by atoms with Crippen molar-refractivity contribution >= 4 is 11.9 Å². The van der Waals surface area contributed by atoms with Gasteiger partial charge in [-0.3, -0.25) is 14.3 Å². The summed E-state index contributed by atoms with van der Waals surface area (Å²) in [6.07, 6.45) is 2.75. The first-order chi connectivity index (χ1) is 10.4. The lowest BCUT2D eigenvalue weighted by molar-refractivity contribution is -0.137. The first kappa shape index (κ1) is 16.5. The molecule has 0 aliphatic carbocycles. The van der Waals surface area contributed by atoms with Crippen LogP contribution in [0.3, 0.4) is 0 Å². The Morgan fingerprint density at radius 2 is 2.18 bits per heavy atom. The van der Waals surface area contributed by atoms with Crippen molar-refractivity contribution in [3.8, 4) is 0 Å². The van der Waals surface area contributed by atoms with Crippen molar-refractivity contribution in [3.63, 3.8) is 0 Å². The Morgan fingerprint density at radius 1 is 1.45 bits per heavy atom. The zero-order chi connectivity index (χ0) is 16.3. The maximum absolute atomic E-state index is 12.7. The number of hydrogen-bond donors (Lipinski definition) is 1. The van der Waals surface area contributed by atoms with Crippen LogP contribution in [0.25, 0.3) is 0 Å². The van der Waals surface area contributed by atoms with E-state index < -0.39 is 5.97 Å². The zero-order valence-corrected chi connectivity index (χ0v) is 13.6. The van der Waals surface area contributed by atoms with Crippen LogP contribution in [0, 0.1) is 5.92 Å². The molecule has 1 fully saturated rings. The summed E-state index contributed by atoms with van der Waals surface area (Å²) in [7, 11) is 1.80. The quantitative estimate of drug-likeness (QED) is 0.905. The van der Waals surface area contributed by atoms with E-state index in [1.54, 1.807) is 11.7 Å². The molecule has 1 aromatic heterocycles. The fourth-order valence-electron chi connectivity index (χ4n) is 2.95. The molecule has 0 spiro atoms. The summed E-state index contributed by atoms with van der Waals surface area (Å²) in [6, 6.07) is 1.87. The van der Waals surface area contributed by atoms with Gasteiger partial charge in [-0.05, 0) is 37.2 Å². The third-order valence-corrected chi connectivity index (χ3v) is 4.28. The molecule has 22 heavy (non-hydrogen) atoms. The Hall–Kier alpha value is -1.85. The van der Waals surface area contributed by atoms with E-state index in [9.17, 15) is 9.59 Å². The van der Waals surface area contributed by atoms with Crippen LogP contribution in [0.2, 0.25) is 0 Å². The number of piperidine rings is 1. The highest BCUT2D eigenvalue weighted by molar-refractivity contribution is 5.92. The van der Waals surface area contributed by atoms with Crippen LogP contribution in [-0.2, 0) is 11.8 Å². The maximum Gasteiger partial charge on any atom is 0.303 e. The number of rotatable bonds is 5. The number of likely N-dealkylation sites (tertiary alicyclic amines) is 1. The highest BCUT2D eigenvalue weighted by atomic mass is 16.4. The van der Waals surface area contributed by atoms with Crippen molar-refractivity contribution in [2.75, 3.05) is 13.1 Å². The Morgan fingerprint density at radius 3 is 2.77 bits per heavy atom.